The smallest absolute Gasteiger partial charge is 0.163 e. The zero-order chi connectivity index (χ0) is 13.7. The van der Waals surface area contributed by atoms with Gasteiger partial charge in [0.05, 0.1) is 0 Å². The fourth-order valence-corrected chi connectivity index (χ4v) is 1.72. The molecule has 0 saturated carbocycles. The zero-order valence-corrected chi connectivity index (χ0v) is 11.7. The minimum absolute atomic E-state index is 0.755. The Hall–Kier alpha value is -2.10. The third-order valence-corrected chi connectivity index (χ3v) is 2.76. The molecule has 2 aromatic rings. The van der Waals surface area contributed by atoms with Crippen LogP contribution < -0.4 is 10.2 Å². The lowest BCUT2D eigenvalue weighted by Crippen LogP contribution is -2.13. The molecular formula is C15H20N4. The molecule has 2 rings (SSSR count). The van der Waals surface area contributed by atoms with Gasteiger partial charge in [-0.15, -0.1) is 0 Å². The van der Waals surface area contributed by atoms with Crippen molar-refractivity contribution < 1.29 is 0 Å². The maximum absolute atomic E-state index is 4.59. The molecule has 1 heterocycles. The molecular weight excluding hydrogens is 236 g/mol. The third-order valence-electron chi connectivity index (χ3n) is 2.76. The van der Waals surface area contributed by atoms with Gasteiger partial charge in [0.15, 0.2) is 5.82 Å². The maximum atomic E-state index is 4.59. The molecule has 0 atom stereocenters. The minimum atomic E-state index is 0.755. The number of aromatic nitrogens is 2. The van der Waals surface area contributed by atoms with Crippen molar-refractivity contribution >= 4 is 11.6 Å². The summed E-state index contributed by atoms with van der Waals surface area (Å²) in [5.41, 5.74) is 1.03. The molecule has 0 aliphatic carbocycles. The van der Waals surface area contributed by atoms with Crippen molar-refractivity contribution in [3.05, 3.63) is 36.4 Å². The summed E-state index contributed by atoms with van der Waals surface area (Å²) in [5, 5.41) is 3.32. The number of rotatable bonds is 5. The van der Waals surface area contributed by atoms with E-state index in [0.29, 0.717) is 0 Å². The van der Waals surface area contributed by atoms with E-state index in [1.807, 2.05) is 55.4 Å². The Morgan fingerprint density at radius 1 is 1.11 bits per heavy atom. The molecule has 0 aliphatic rings. The standard InChI is InChI=1S/C15H20N4/c1-4-10-16-13-11-14(19(2)3)18-15(17-13)12-8-6-5-7-9-12/h5-9,11H,4,10H2,1-3H3,(H,16,17,18). The lowest BCUT2D eigenvalue weighted by Gasteiger charge is -2.14. The highest BCUT2D eigenvalue weighted by molar-refractivity contribution is 5.61. The van der Waals surface area contributed by atoms with Crippen molar-refractivity contribution in [1.82, 2.24) is 9.97 Å². The first-order valence-electron chi connectivity index (χ1n) is 6.56. The number of hydrogen-bond acceptors (Lipinski definition) is 4. The summed E-state index contributed by atoms with van der Waals surface area (Å²) in [6.07, 6.45) is 1.07. The van der Waals surface area contributed by atoms with E-state index in [4.69, 9.17) is 0 Å². The Morgan fingerprint density at radius 3 is 2.47 bits per heavy atom. The van der Waals surface area contributed by atoms with E-state index in [0.717, 1.165) is 36.0 Å². The Balaban J connectivity index is 2.39. The van der Waals surface area contributed by atoms with Crippen LogP contribution in [0.15, 0.2) is 36.4 Å². The first-order valence-corrected chi connectivity index (χ1v) is 6.56. The number of nitrogens with zero attached hydrogens (tertiary/aromatic N) is 3. The summed E-state index contributed by atoms with van der Waals surface area (Å²) in [4.78, 5) is 11.2. The Labute approximate surface area is 114 Å². The minimum Gasteiger partial charge on any atom is -0.370 e. The Bertz CT molecular complexity index is 523. The first kappa shape index (κ1) is 13.3. The van der Waals surface area contributed by atoms with Crippen molar-refractivity contribution in [3.8, 4) is 11.4 Å². The zero-order valence-electron chi connectivity index (χ0n) is 11.7. The number of anilines is 2. The molecule has 1 aromatic heterocycles. The Kier molecular flexibility index (Phi) is 4.34. The van der Waals surface area contributed by atoms with Gasteiger partial charge in [-0.25, -0.2) is 9.97 Å². The van der Waals surface area contributed by atoms with E-state index in [2.05, 4.69) is 22.2 Å². The quantitative estimate of drug-likeness (QED) is 0.892. The SMILES string of the molecule is CCCNc1cc(N(C)C)nc(-c2ccccc2)n1. The third kappa shape index (κ3) is 3.44. The number of benzene rings is 1. The van der Waals surface area contributed by atoms with Crippen LogP contribution in [0.5, 0.6) is 0 Å². The topological polar surface area (TPSA) is 41.0 Å². The number of nitrogens with one attached hydrogen (secondary N) is 1. The summed E-state index contributed by atoms with van der Waals surface area (Å²) in [6, 6.07) is 12.0. The lowest BCUT2D eigenvalue weighted by molar-refractivity contribution is 0.961. The van der Waals surface area contributed by atoms with Crippen LogP contribution in [0, 0.1) is 0 Å². The van der Waals surface area contributed by atoms with Gasteiger partial charge < -0.3 is 10.2 Å². The molecule has 0 bridgehead atoms. The predicted octanol–water partition coefficient (Wildman–Crippen LogP) is 3.03. The molecule has 0 spiro atoms. The second-order valence-electron chi connectivity index (χ2n) is 4.62. The molecule has 4 heteroatoms. The summed E-state index contributed by atoms with van der Waals surface area (Å²) in [5.74, 6) is 2.54. The van der Waals surface area contributed by atoms with Gasteiger partial charge in [-0.1, -0.05) is 37.3 Å². The molecule has 4 nitrogen and oxygen atoms in total. The van der Waals surface area contributed by atoms with Gasteiger partial charge in [0.2, 0.25) is 0 Å². The largest absolute Gasteiger partial charge is 0.370 e. The van der Waals surface area contributed by atoms with Crippen molar-refractivity contribution in [1.29, 1.82) is 0 Å². The molecule has 0 unspecified atom stereocenters. The van der Waals surface area contributed by atoms with Gasteiger partial charge in [-0.2, -0.15) is 0 Å². The number of hydrogen-bond donors (Lipinski definition) is 1. The molecule has 0 amide bonds. The predicted molar refractivity (Wildman–Crippen MR) is 80.6 cm³/mol. The highest BCUT2D eigenvalue weighted by Gasteiger charge is 2.07. The summed E-state index contributed by atoms with van der Waals surface area (Å²) < 4.78 is 0. The average molecular weight is 256 g/mol. The van der Waals surface area contributed by atoms with Gasteiger partial charge in [-0.3, -0.25) is 0 Å². The summed E-state index contributed by atoms with van der Waals surface area (Å²) >= 11 is 0. The highest BCUT2D eigenvalue weighted by atomic mass is 15.2. The van der Waals surface area contributed by atoms with Crippen molar-refractivity contribution in [2.24, 2.45) is 0 Å². The van der Waals surface area contributed by atoms with E-state index in [-0.39, 0.29) is 0 Å². The van der Waals surface area contributed by atoms with Crippen LogP contribution in [0.25, 0.3) is 11.4 Å². The van der Waals surface area contributed by atoms with Gasteiger partial charge in [0.25, 0.3) is 0 Å². The second kappa shape index (κ2) is 6.18. The lowest BCUT2D eigenvalue weighted by atomic mass is 10.2. The first-order chi connectivity index (χ1) is 9.20. The van der Waals surface area contributed by atoms with Crippen molar-refractivity contribution in [2.75, 3.05) is 30.9 Å². The molecule has 1 N–H and O–H groups in total. The van der Waals surface area contributed by atoms with Gasteiger partial charge in [-0.05, 0) is 6.42 Å². The van der Waals surface area contributed by atoms with Crippen LogP contribution >= 0.6 is 0 Å². The highest BCUT2D eigenvalue weighted by Crippen LogP contribution is 2.21. The fraction of sp³-hybridized carbons (Fsp3) is 0.333. The van der Waals surface area contributed by atoms with Crippen LogP contribution in [-0.4, -0.2) is 30.6 Å². The molecule has 100 valence electrons. The van der Waals surface area contributed by atoms with E-state index in [9.17, 15) is 0 Å². The summed E-state index contributed by atoms with van der Waals surface area (Å²) in [6.45, 7) is 3.05. The van der Waals surface area contributed by atoms with Crippen LogP contribution in [0.3, 0.4) is 0 Å². The molecule has 0 radical (unpaired) electrons. The fourth-order valence-electron chi connectivity index (χ4n) is 1.72. The van der Waals surface area contributed by atoms with Gasteiger partial charge in [0, 0.05) is 32.3 Å². The van der Waals surface area contributed by atoms with E-state index < -0.39 is 0 Å². The van der Waals surface area contributed by atoms with E-state index in [1.54, 1.807) is 0 Å². The van der Waals surface area contributed by atoms with E-state index in [1.165, 1.54) is 0 Å². The van der Waals surface area contributed by atoms with E-state index >= 15 is 0 Å². The van der Waals surface area contributed by atoms with Crippen LogP contribution in [-0.2, 0) is 0 Å². The summed E-state index contributed by atoms with van der Waals surface area (Å²) in [7, 11) is 3.97. The van der Waals surface area contributed by atoms with Crippen molar-refractivity contribution in [3.63, 3.8) is 0 Å². The monoisotopic (exact) mass is 256 g/mol. The average Bonchev–Trinajstić information content (AvgIpc) is 2.45. The molecule has 0 fully saturated rings. The molecule has 1 aromatic carbocycles. The normalized spacial score (nSPS) is 10.3. The van der Waals surface area contributed by atoms with Crippen LogP contribution in [0.2, 0.25) is 0 Å². The molecule has 19 heavy (non-hydrogen) atoms. The molecule has 0 saturated heterocycles. The van der Waals surface area contributed by atoms with Gasteiger partial charge >= 0.3 is 0 Å². The molecule has 0 aliphatic heterocycles. The van der Waals surface area contributed by atoms with Crippen LogP contribution in [0.4, 0.5) is 11.6 Å². The van der Waals surface area contributed by atoms with Crippen molar-refractivity contribution in [2.45, 2.75) is 13.3 Å². The van der Waals surface area contributed by atoms with Crippen LogP contribution in [0.1, 0.15) is 13.3 Å². The second-order valence-corrected chi connectivity index (χ2v) is 4.62. The Morgan fingerprint density at radius 2 is 1.84 bits per heavy atom. The maximum Gasteiger partial charge on any atom is 0.163 e. The van der Waals surface area contributed by atoms with Gasteiger partial charge in [0.1, 0.15) is 11.6 Å².